The highest BCUT2D eigenvalue weighted by atomic mass is 32.2. The van der Waals surface area contributed by atoms with Crippen molar-refractivity contribution in [1.29, 1.82) is 0 Å². The molecule has 0 fully saturated rings. The molecule has 0 heterocycles. The lowest BCUT2D eigenvalue weighted by Gasteiger charge is -2.15. The largest absolute Gasteiger partial charge is 0.481 e. The second-order valence-corrected chi connectivity index (χ2v) is 4.15. The lowest BCUT2D eigenvalue weighted by Crippen LogP contribution is -2.29. The predicted octanol–water partition coefficient (Wildman–Crippen LogP) is 1.23. The third-order valence-corrected chi connectivity index (χ3v) is 2.69. The number of amides is 1. The van der Waals surface area contributed by atoms with Gasteiger partial charge in [-0.3, -0.25) is 9.59 Å². The van der Waals surface area contributed by atoms with Crippen molar-refractivity contribution < 1.29 is 14.7 Å². The molecule has 0 unspecified atom stereocenters. The highest BCUT2D eigenvalue weighted by Gasteiger charge is 2.08. The maximum Gasteiger partial charge on any atom is 0.303 e. The summed E-state index contributed by atoms with van der Waals surface area (Å²) in [7, 11) is 1.69. The number of hydrogen-bond acceptors (Lipinski definition) is 3. The van der Waals surface area contributed by atoms with Gasteiger partial charge in [0.2, 0.25) is 5.91 Å². The standard InChI is InChI=1S/C10H17NO3S/c1-3-7-15-8-9(12)11(2)6-4-5-10(13)14/h3H,1,4-8H2,2H3,(H,13,14). The second kappa shape index (κ2) is 8.35. The molecule has 1 N–H and O–H groups in total. The highest BCUT2D eigenvalue weighted by molar-refractivity contribution is 8.00. The van der Waals surface area contributed by atoms with Crippen molar-refractivity contribution in [2.45, 2.75) is 12.8 Å². The van der Waals surface area contributed by atoms with Crippen LogP contribution in [0.1, 0.15) is 12.8 Å². The topological polar surface area (TPSA) is 57.6 Å². The summed E-state index contributed by atoms with van der Waals surface area (Å²) in [5, 5.41) is 8.42. The van der Waals surface area contributed by atoms with E-state index in [-0.39, 0.29) is 12.3 Å². The average molecular weight is 231 g/mol. The summed E-state index contributed by atoms with van der Waals surface area (Å²) >= 11 is 1.50. The van der Waals surface area contributed by atoms with Crippen LogP contribution in [0.15, 0.2) is 12.7 Å². The quantitative estimate of drug-likeness (QED) is 0.504. The van der Waals surface area contributed by atoms with Gasteiger partial charge in [-0.25, -0.2) is 0 Å². The van der Waals surface area contributed by atoms with Crippen LogP contribution in [0, 0.1) is 0 Å². The van der Waals surface area contributed by atoms with Gasteiger partial charge >= 0.3 is 5.97 Å². The minimum absolute atomic E-state index is 0.0345. The molecule has 0 aliphatic carbocycles. The first-order valence-corrected chi connectivity index (χ1v) is 5.87. The number of aliphatic carboxylic acids is 1. The van der Waals surface area contributed by atoms with Gasteiger partial charge in [0, 0.05) is 25.8 Å². The van der Waals surface area contributed by atoms with Crippen LogP contribution < -0.4 is 0 Å². The normalized spacial score (nSPS) is 9.67. The number of thioether (sulfide) groups is 1. The van der Waals surface area contributed by atoms with E-state index in [9.17, 15) is 9.59 Å². The number of carbonyl (C=O) groups excluding carboxylic acids is 1. The Kier molecular flexibility index (Phi) is 7.81. The van der Waals surface area contributed by atoms with Crippen LogP contribution in [-0.4, -0.2) is 47.0 Å². The van der Waals surface area contributed by atoms with Crippen LogP contribution in [0.2, 0.25) is 0 Å². The van der Waals surface area contributed by atoms with Crippen LogP contribution in [0.4, 0.5) is 0 Å². The molecule has 86 valence electrons. The van der Waals surface area contributed by atoms with E-state index in [1.165, 1.54) is 11.8 Å². The molecular weight excluding hydrogens is 214 g/mol. The van der Waals surface area contributed by atoms with E-state index >= 15 is 0 Å². The second-order valence-electron chi connectivity index (χ2n) is 3.12. The molecule has 0 radical (unpaired) electrons. The zero-order valence-electron chi connectivity index (χ0n) is 8.94. The van der Waals surface area contributed by atoms with Gasteiger partial charge in [0.15, 0.2) is 0 Å². The van der Waals surface area contributed by atoms with E-state index < -0.39 is 5.97 Å². The van der Waals surface area contributed by atoms with Gasteiger partial charge in [-0.1, -0.05) is 6.08 Å². The minimum atomic E-state index is -0.822. The molecule has 0 aliphatic heterocycles. The Morgan fingerprint density at radius 3 is 2.73 bits per heavy atom. The number of carboxylic acid groups (broad SMARTS) is 1. The molecule has 0 aromatic carbocycles. The van der Waals surface area contributed by atoms with Crippen LogP contribution in [0.25, 0.3) is 0 Å². The molecular formula is C10H17NO3S. The first-order valence-electron chi connectivity index (χ1n) is 4.72. The molecule has 1 amide bonds. The Morgan fingerprint density at radius 1 is 1.53 bits per heavy atom. The van der Waals surface area contributed by atoms with Crippen molar-refractivity contribution in [3.8, 4) is 0 Å². The maximum atomic E-state index is 11.4. The fraction of sp³-hybridized carbons (Fsp3) is 0.600. The van der Waals surface area contributed by atoms with Gasteiger partial charge in [-0.15, -0.1) is 18.3 Å². The van der Waals surface area contributed by atoms with Gasteiger partial charge in [0.05, 0.1) is 5.75 Å². The molecule has 0 saturated heterocycles. The molecule has 0 saturated carbocycles. The van der Waals surface area contributed by atoms with Crippen molar-refractivity contribution in [2.24, 2.45) is 0 Å². The predicted molar refractivity (Wildman–Crippen MR) is 62.0 cm³/mol. The molecule has 0 atom stereocenters. The van der Waals surface area contributed by atoms with Gasteiger partial charge in [0.25, 0.3) is 0 Å². The molecule has 0 bridgehead atoms. The lowest BCUT2D eigenvalue weighted by molar-refractivity contribution is -0.137. The molecule has 5 heteroatoms. The van der Waals surface area contributed by atoms with E-state index in [0.29, 0.717) is 18.7 Å². The molecule has 0 aromatic rings. The molecule has 4 nitrogen and oxygen atoms in total. The van der Waals surface area contributed by atoms with E-state index in [2.05, 4.69) is 6.58 Å². The first kappa shape index (κ1) is 14.0. The van der Waals surface area contributed by atoms with Crippen molar-refractivity contribution in [2.75, 3.05) is 25.1 Å². The zero-order chi connectivity index (χ0) is 11.7. The number of hydrogen-bond donors (Lipinski definition) is 1. The summed E-state index contributed by atoms with van der Waals surface area (Å²) < 4.78 is 0. The van der Waals surface area contributed by atoms with Gasteiger partial charge in [0.1, 0.15) is 0 Å². The lowest BCUT2D eigenvalue weighted by atomic mass is 10.3. The number of carbonyl (C=O) groups is 2. The number of nitrogens with zero attached hydrogens (tertiary/aromatic N) is 1. The first-order chi connectivity index (χ1) is 7.07. The summed E-state index contributed by atoms with van der Waals surface area (Å²) in [6.45, 7) is 4.06. The van der Waals surface area contributed by atoms with Gasteiger partial charge in [-0.05, 0) is 6.42 Å². The Morgan fingerprint density at radius 2 is 2.20 bits per heavy atom. The monoisotopic (exact) mass is 231 g/mol. The van der Waals surface area contributed by atoms with Gasteiger partial charge in [-0.2, -0.15) is 0 Å². The van der Waals surface area contributed by atoms with E-state index in [1.807, 2.05) is 0 Å². The van der Waals surface area contributed by atoms with E-state index in [4.69, 9.17) is 5.11 Å². The fourth-order valence-electron chi connectivity index (χ4n) is 0.932. The van der Waals surface area contributed by atoms with Crippen molar-refractivity contribution in [1.82, 2.24) is 4.90 Å². The summed E-state index contributed by atoms with van der Waals surface area (Å²) in [5.74, 6) is 0.397. The highest BCUT2D eigenvalue weighted by Crippen LogP contribution is 2.02. The summed E-state index contributed by atoms with van der Waals surface area (Å²) in [6.07, 6.45) is 2.36. The number of rotatable bonds is 8. The minimum Gasteiger partial charge on any atom is -0.481 e. The van der Waals surface area contributed by atoms with E-state index in [0.717, 1.165) is 5.75 Å². The van der Waals surface area contributed by atoms with Crippen LogP contribution in [0.5, 0.6) is 0 Å². The third kappa shape index (κ3) is 8.05. The van der Waals surface area contributed by atoms with Crippen molar-refractivity contribution in [3.05, 3.63) is 12.7 Å². The Bertz CT molecular complexity index is 231. The van der Waals surface area contributed by atoms with Crippen LogP contribution in [-0.2, 0) is 9.59 Å². The molecule has 0 aromatic heterocycles. The molecule has 0 spiro atoms. The zero-order valence-corrected chi connectivity index (χ0v) is 9.76. The summed E-state index contributed by atoms with van der Waals surface area (Å²) in [5.41, 5.74) is 0. The Labute approximate surface area is 94.3 Å². The average Bonchev–Trinajstić information content (AvgIpc) is 2.17. The Balaban J connectivity index is 3.59. The third-order valence-electron chi connectivity index (χ3n) is 1.77. The summed E-state index contributed by atoms with van der Waals surface area (Å²) in [6, 6.07) is 0. The fourth-order valence-corrected chi connectivity index (χ4v) is 1.61. The smallest absolute Gasteiger partial charge is 0.303 e. The van der Waals surface area contributed by atoms with Crippen molar-refractivity contribution in [3.63, 3.8) is 0 Å². The molecule has 0 aliphatic rings. The van der Waals surface area contributed by atoms with E-state index in [1.54, 1.807) is 18.0 Å². The van der Waals surface area contributed by atoms with Crippen LogP contribution >= 0.6 is 11.8 Å². The summed E-state index contributed by atoms with van der Waals surface area (Å²) in [4.78, 5) is 23.2. The van der Waals surface area contributed by atoms with Gasteiger partial charge < -0.3 is 10.0 Å². The molecule has 0 rings (SSSR count). The number of carboxylic acids is 1. The maximum absolute atomic E-state index is 11.4. The SMILES string of the molecule is C=CCSCC(=O)N(C)CCCC(=O)O. The van der Waals surface area contributed by atoms with Crippen LogP contribution in [0.3, 0.4) is 0 Å². The molecule has 15 heavy (non-hydrogen) atoms. The Hall–Kier alpha value is -0.970. The van der Waals surface area contributed by atoms with Crippen molar-refractivity contribution >= 4 is 23.6 Å².